The molecule has 24 heteroatoms. The summed E-state index contributed by atoms with van der Waals surface area (Å²) in [5, 5.41) is 0.404. The van der Waals surface area contributed by atoms with Crippen molar-refractivity contribution in [3.8, 4) is 22.4 Å². The first kappa shape index (κ1) is 60.9. The number of rotatable bonds is 20. The SMILES string of the molecule is Cc1c(S(C)(=O)=O)c(-c2cccc(N3CCN(c4ccc(N5CCO[P@@]5(=O)c5ccc(C[C@H](CCN6CCC(COP(=O)(O)O)CC6)CSc6ccccc6)c(S(=O)(=O)C(F)(F)F)c5)cc4)CC3)c2)c(-c2ccc(Cl)cc2)n1C(C)C. The maximum atomic E-state index is 15.1. The Labute approximate surface area is 482 Å². The largest absolute Gasteiger partial charge is 0.501 e. The third kappa shape index (κ3) is 14.0. The van der Waals surface area contributed by atoms with E-state index >= 15 is 4.57 Å². The number of phosphoric ester groups is 1. The van der Waals surface area contributed by atoms with Crippen molar-refractivity contribution in [2.45, 2.75) is 72.7 Å². The van der Waals surface area contributed by atoms with Crippen LogP contribution in [0.5, 0.6) is 0 Å². The Hall–Kier alpha value is -4.63. The van der Waals surface area contributed by atoms with Gasteiger partial charge in [-0.05, 0) is 167 Å². The molecule has 3 saturated heterocycles. The van der Waals surface area contributed by atoms with Gasteiger partial charge in [-0.1, -0.05) is 60.1 Å². The van der Waals surface area contributed by atoms with Crippen molar-refractivity contribution in [3.63, 3.8) is 0 Å². The van der Waals surface area contributed by atoms with Gasteiger partial charge in [0.05, 0.1) is 40.5 Å². The molecule has 0 unspecified atom stereocenters. The van der Waals surface area contributed by atoms with E-state index in [-0.39, 0.29) is 59.8 Å². The molecule has 3 aliphatic heterocycles. The van der Waals surface area contributed by atoms with Gasteiger partial charge in [0, 0.05) is 82.5 Å². The van der Waals surface area contributed by atoms with Crippen LogP contribution in [0.2, 0.25) is 5.02 Å². The summed E-state index contributed by atoms with van der Waals surface area (Å²) >= 11 is 7.82. The Morgan fingerprint density at radius 2 is 1.44 bits per heavy atom. The first-order chi connectivity index (χ1) is 38.3. The van der Waals surface area contributed by atoms with Crippen LogP contribution in [0.3, 0.4) is 0 Å². The number of sulfone groups is 2. The van der Waals surface area contributed by atoms with Crippen molar-refractivity contribution >= 4 is 80.7 Å². The molecular weight excluding hydrogens is 1170 g/mol. The second kappa shape index (κ2) is 24.9. The van der Waals surface area contributed by atoms with Crippen molar-refractivity contribution in [3.05, 3.63) is 138 Å². The van der Waals surface area contributed by atoms with Gasteiger partial charge in [0.1, 0.15) is 0 Å². The standard InChI is InChI=1S/C57H67ClF3N5O10P2S3/c1-40(2)66-41(3)56(80(4,71)72)54(55(66)44-13-16-47(58)17-14-44)46-9-8-10-50(36-46)64-31-29-63(30-32-64)48-18-20-49(21-19-48)65-33-34-75-77(65,67)51-22-15-45(53(37-51)81(73,74)57(59,60)61)35-43(39-79-52-11-6-5-7-12-52)25-28-62-26-23-42(24-27-62)38-76-78(68,69)70/h5-22,36-37,40,42-43H,23-35,38-39H2,1-4H3,(H2,68,69,70)/t43-,77-/m0/s1. The van der Waals surface area contributed by atoms with Crippen LogP contribution in [-0.4, -0.2) is 119 Å². The van der Waals surface area contributed by atoms with Crippen LogP contribution in [0, 0.1) is 18.8 Å². The Bertz CT molecular complexity index is 3520. The van der Waals surface area contributed by atoms with Gasteiger partial charge in [0.25, 0.3) is 9.84 Å². The van der Waals surface area contributed by atoms with Crippen LogP contribution in [-0.2, 0) is 44.3 Å². The summed E-state index contributed by atoms with van der Waals surface area (Å²) in [7, 11) is -18.3. The number of likely N-dealkylation sites (tertiary alicyclic amines) is 1. The fraction of sp³-hybridized carbons (Fsp3) is 0.404. The number of halogens is 4. The molecule has 0 aliphatic carbocycles. The molecule has 5 aromatic carbocycles. The molecule has 4 heterocycles. The molecule has 9 rings (SSSR count). The van der Waals surface area contributed by atoms with Gasteiger partial charge in [0.15, 0.2) is 9.84 Å². The first-order valence-corrected chi connectivity index (χ1v) is 34.6. The predicted molar refractivity (Wildman–Crippen MR) is 316 cm³/mol. The zero-order valence-corrected chi connectivity index (χ0v) is 50.4. The lowest BCUT2D eigenvalue weighted by atomic mass is 9.95. The van der Waals surface area contributed by atoms with Crippen LogP contribution in [0.1, 0.15) is 50.4 Å². The lowest BCUT2D eigenvalue weighted by Crippen LogP contribution is -2.46. The smallest absolute Gasteiger partial charge is 0.368 e. The fourth-order valence-electron chi connectivity index (χ4n) is 11.3. The van der Waals surface area contributed by atoms with Crippen LogP contribution in [0.25, 0.3) is 22.4 Å². The van der Waals surface area contributed by atoms with E-state index in [0.29, 0.717) is 92.8 Å². The Morgan fingerprint density at radius 1 is 0.802 bits per heavy atom. The van der Waals surface area contributed by atoms with Gasteiger partial charge in [-0.15, -0.1) is 11.8 Å². The van der Waals surface area contributed by atoms with Gasteiger partial charge in [-0.3, -0.25) is 13.8 Å². The molecule has 81 heavy (non-hydrogen) atoms. The van der Waals surface area contributed by atoms with E-state index in [2.05, 4.69) is 19.3 Å². The molecule has 0 saturated carbocycles. The molecular formula is C57H67ClF3N5O10P2S3. The summed E-state index contributed by atoms with van der Waals surface area (Å²) in [5.74, 6) is 0.144. The molecule has 436 valence electrons. The maximum Gasteiger partial charge on any atom is 0.501 e. The number of benzene rings is 5. The molecule has 6 aromatic rings. The second-order valence-electron chi connectivity index (χ2n) is 21.2. The number of phosphoric acid groups is 1. The van der Waals surface area contributed by atoms with Gasteiger partial charge in [0.2, 0.25) is 0 Å². The Balaban J connectivity index is 0.913. The van der Waals surface area contributed by atoms with Gasteiger partial charge in [-0.25, -0.2) is 21.4 Å². The number of hydrogen-bond donors (Lipinski definition) is 2. The van der Waals surface area contributed by atoms with Gasteiger partial charge >= 0.3 is 20.9 Å². The van der Waals surface area contributed by atoms with E-state index in [0.717, 1.165) is 39.2 Å². The van der Waals surface area contributed by atoms with Crippen molar-refractivity contribution in [1.82, 2.24) is 9.47 Å². The molecule has 0 amide bonds. The fourth-order valence-corrected chi connectivity index (χ4v) is 17.5. The number of aromatic nitrogens is 1. The van der Waals surface area contributed by atoms with E-state index in [9.17, 15) is 34.6 Å². The van der Waals surface area contributed by atoms with Crippen LogP contribution in [0.4, 0.5) is 30.2 Å². The minimum atomic E-state index is -5.93. The lowest BCUT2D eigenvalue weighted by Gasteiger charge is -2.37. The van der Waals surface area contributed by atoms with E-state index in [4.69, 9.17) is 30.4 Å². The lowest BCUT2D eigenvalue weighted by molar-refractivity contribution is -0.0436. The van der Waals surface area contributed by atoms with E-state index in [1.165, 1.54) is 34.8 Å². The highest BCUT2D eigenvalue weighted by Gasteiger charge is 2.49. The average Bonchev–Trinajstić information content (AvgIpc) is 4.22. The van der Waals surface area contributed by atoms with Gasteiger partial charge < -0.3 is 33.6 Å². The predicted octanol–water partition coefficient (Wildman–Crippen LogP) is 11.9. The monoisotopic (exact) mass is 1230 g/mol. The summed E-state index contributed by atoms with van der Waals surface area (Å²) in [5.41, 5.74) is 0.325. The Morgan fingerprint density at radius 3 is 2.06 bits per heavy atom. The van der Waals surface area contributed by atoms with Crippen molar-refractivity contribution in [2.75, 3.05) is 92.1 Å². The molecule has 0 spiro atoms. The zero-order chi connectivity index (χ0) is 58.1. The summed E-state index contributed by atoms with van der Waals surface area (Å²) in [6.45, 7) is 10.3. The summed E-state index contributed by atoms with van der Waals surface area (Å²) in [4.78, 5) is 25.2. The molecule has 0 bridgehead atoms. The highest BCUT2D eigenvalue weighted by Crippen LogP contribution is 2.56. The second-order valence-corrected chi connectivity index (χ2v) is 30.1. The summed E-state index contributed by atoms with van der Waals surface area (Å²) < 4.78 is 139. The Kier molecular flexibility index (Phi) is 18.7. The first-order valence-electron chi connectivity index (χ1n) is 26.8. The van der Waals surface area contributed by atoms with Crippen molar-refractivity contribution in [1.29, 1.82) is 0 Å². The number of thioether (sulfide) groups is 1. The van der Waals surface area contributed by atoms with Crippen LogP contribution in [0.15, 0.2) is 136 Å². The molecule has 3 aliphatic rings. The summed E-state index contributed by atoms with van der Waals surface area (Å²) in [6.07, 6.45) is 3.03. The zero-order valence-electron chi connectivity index (χ0n) is 45.4. The van der Waals surface area contributed by atoms with E-state index < -0.39 is 45.4 Å². The van der Waals surface area contributed by atoms with Crippen molar-refractivity contribution in [2.24, 2.45) is 11.8 Å². The minimum Gasteiger partial charge on any atom is -0.368 e. The quantitative estimate of drug-likeness (QED) is 0.0544. The molecule has 15 nitrogen and oxygen atoms in total. The van der Waals surface area contributed by atoms with E-state index in [1.807, 2.05) is 99.6 Å². The van der Waals surface area contributed by atoms with Crippen molar-refractivity contribution < 1.29 is 58.0 Å². The molecule has 2 N–H and O–H groups in total. The van der Waals surface area contributed by atoms with Crippen LogP contribution >= 0.6 is 38.7 Å². The third-order valence-corrected chi connectivity index (χ3v) is 22.6. The van der Waals surface area contributed by atoms with Gasteiger partial charge in [-0.2, -0.15) is 13.2 Å². The number of anilines is 3. The topological polar surface area (TPSA) is 179 Å². The molecule has 2 atom stereocenters. The number of piperazine rings is 1. The highest BCUT2D eigenvalue weighted by molar-refractivity contribution is 7.99. The normalized spacial score (nSPS) is 18.5. The molecule has 0 radical (unpaired) electrons. The number of hydrogen-bond acceptors (Lipinski definition) is 12. The highest BCUT2D eigenvalue weighted by atomic mass is 35.5. The minimum absolute atomic E-state index is 0.0145. The number of alkyl halides is 3. The average molecular weight is 1230 g/mol. The maximum absolute atomic E-state index is 15.1. The molecule has 3 fully saturated rings. The summed E-state index contributed by atoms with van der Waals surface area (Å²) in [6, 6.07) is 35.8. The van der Waals surface area contributed by atoms with Crippen LogP contribution < -0.4 is 19.8 Å². The third-order valence-electron chi connectivity index (χ3n) is 15.3. The number of nitrogens with zero attached hydrogens (tertiary/aromatic N) is 5. The molecule has 1 aromatic heterocycles. The van der Waals surface area contributed by atoms with E-state index in [1.54, 1.807) is 24.3 Å². The number of piperidine rings is 1.